The number of phenolic OH excluding ortho intramolecular Hbond substituents is 1. The van der Waals surface area contributed by atoms with Crippen LogP contribution in [-0.2, 0) is 0 Å². The van der Waals surface area contributed by atoms with Crippen molar-refractivity contribution in [2.24, 2.45) is 5.92 Å². The molecule has 2 heterocycles. The second-order valence-electron chi connectivity index (χ2n) is 8.05. The van der Waals surface area contributed by atoms with Crippen molar-refractivity contribution in [2.75, 3.05) is 18.0 Å². The molecule has 1 saturated carbocycles. The zero-order valence-corrected chi connectivity index (χ0v) is 15.4. The Labute approximate surface area is 161 Å². The number of aliphatic hydroxyl groups excluding tert-OH is 1. The Bertz CT molecular complexity index is 1210. The van der Waals surface area contributed by atoms with Gasteiger partial charge >= 0.3 is 5.69 Å². The highest BCUT2D eigenvalue weighted by atomic mass is 19.3. The molecule has 3 aliphatic rings. The number of halogens is 3. The maximum Gasteiger partial charge on any atom is 0.329 e. The number of hydrogen-bond donors (Lipinski definition) is 3. The van der Waals surface area contributed by atoms with Gasteiger partial charge in [-0.15, -0.1) is 0 Å². The van der Waals surface area contributed by atoms with Crippen molar-refractivity contribution in [1.82, 2.24) is 9.55 Å². The van der Waals surface area contributed by atoms with Crippen LogP contribution in [0, 0.1) is 18.7 Å². The smallest absolute Gasteiger partial charge is 0.329 e. The van der Waals surface area contributed by atoms with Gasteiger partial charge in [0.25, 0.3) is 11.5 Å². The van der Waals surface area contributed by atoms with Gasteiger partial charge in [0.1, 0.15) is 11.5 Å². The number of aromatic nitrogens is 2. The molecule has 1 saturated heterocycles. The van der Waals surface area contributed by atoms with Crippen molar-refractivity contribution in [2.45, 2.75) is 37.8 Å². The number of aromatic hydroxyl groups is 1. The zero-order chi connectivity index (χ0) is 20.8. The van der Waals surface area contributed by atoms with E-state index in [1.54, 1.807) is 0 Å². The maximum atomic E-state index is 15.1. The lowest BCUT2D eigenvalue weighted by atomic mass is 10.0. The number of alkyl halides is 2. The number of aliphatic hydroxyl groups is 1. The Hall–Kier alpha value is -2.75. The third kappa shape index (κ3) is 2.41. The molecule has 1 aromatic heterocycles. The van der Waals surface area contributed by atoms with Crippen LogP contribution in [0.25, 0.3) is 10.9 Å². The first-order valence-electron chi connectivity index (χ1n) is 9.33. The molecule has 1 aromatic carbocycles. The average Bonchev–Trinajstić information content (AvgIpc) is 3.35. The van der Waals surface area contributed by atoms with Crippen LogP contribution in [0.1, 0.15) is 24.4 Å². The molecule has 10 heteroatoms. The second-order valence-corrected chi connectivity index (χ2v) is 8.05. The number of aromatic amines is 1. The lowest BCUT2D eigenvalue weighted by Crippen LogP contribution is -2.36. The van der Waals surface area contributed by atoms with E-state index in [2.05, 4.69) is 4.98 Å². The van der Waals surface area contributed by atoms with Crippen molar-refractivity contribution in [1.29, 1.82) is 0 Å². The maximum absolute atomic E-state index is 15.1. The Morgan fingerprint density at radius 1 is 1.28 bits per heavy atom. The molecule has 3 N–H and O–H groups in total. The number of H-pyrrole nitrogens is 1. The molecule has 2 atom stereocenters. The van der Waals surface area contributed by atoms with E-state index in [9.17, 15) is 28.6 Å². The first-order chi connectivity index (χ1) is 13.6. The summed E-state index contributed by atoms with van der Waals surface area (Å²) in [6.07, 6.45) is 0.246. The highest BCUT2D eigenvalue weighted by Crippen LogP contribution is 2.47. The minimum Gasteiger partial charge on any atom is -0.504 e. The van der Waals surface area contributed by atoms with Crippen LogP contribution < -0.4 is 16.1 Å². The first-order valence-corrected chi connectivity index (χ1v) is 9.33. The van der Waals surface area contributed by atoms with E-state index >= 15 is 4.39 Å². The SMILES string of the molecule is Cc1c(N2CC3=CC(F)(F)C(O)C3C2)c(F)c(O)c2c(=O)[nH]c(=O)n(C3CC3)c12. The van der Waals surface area contributed by atoms with Crippen LogP contribution in [0.3, 0.4) is 0 Å². The summed E-state index contributed by atoms with van der Waals surface area (Å²) in [5, 5.41) is 20.0. The highest BCUT2D eigenvalue weighted by molar-refractivity contribution is 5.92. The standard InChI is InChI=1S/C19H18F3N3O4/c1-7-13-11(17(28)23-18(29)25(13)9-2-3-9)15(26)12(20)14(7)24-5-8-4-19(21,22)16(27)10(8)6-24/h4,9-10,16,26-27H,2-3,5-6H2,1H3,(H,23,28,29). The van der Waals surface area contributed by atoms with Gasteiger partial charge in [-0.3, -0.25) is 14.3 Å². The largest absolute Gasteiger partial charge is 0.504 e. The number of fused-ring (bicyclic) bond motifs is 2. The summed E-state index contributed by atoms with van der Waals surface area (Å²) in [7, 11) is 0. The van der Waals surface area contributed by atoms with Crippen LogP contribution in [0.15, 0.2) is 21.2 Å². The van der Waals surface area contributed by atoms with E-state index in [4.69, 9.17) is 0 Å². The Kier molecular flexibility index (Phi) is 3.57. The molecule has 2 aliphatic carbocycles. The Morgan fingerprint density at radius 3 is 2.59 bits per heavy atom. The number of aryl methyl sites for hydroxylation is 1. The van der Waals surface area contributed by atoms with Crippen LogP contribution in [0.5, 0.6) is 5.75 Å². The molecule has 29 heavy (non-hydrogen) atoms. The number of hydrogen-bond acceptors (Lipinski definition) is 5. The molecule has 2 fully saturated rings. The van der Waals surface area contributed by atoms with Gasteiger partial charge < -0.3 is 15.1 Å². The molecular weight excluding hydrogens is 391 g/mol. The minimum absolute atomic E-state index is 0.0448. The summed E-state index contributed by atoms with van der Waals surface area (Å²) in [5.74, 6) is -6.12. The number of nitrogens with one attached hydrogen (secondary N) is 1. The van der Waals surface area contributed by atoms with Crippen molar-refractivity contribution >= 4 is 16.6 Å². The van der Waals surface area contributed by atoms with Gasteiger partial charge in [0.05, 0.1) is 11.2 Å². The van der Waals surface area contributed by atoms with E-state index < -0.39 is 40.8 Å². The number of nitrogens with zero attached hydrogens (tertiary/aromatic N) is 2. The topological polar surface area (TPSA) is 98.6 Å². The average molecular weight is 409 g/mol. The third-order valence-electron chi connectivity index (χ3n) is 6.16. The molecular formula is C19H18F3N3O4. The highest BCUT2D eigenvalue weighted by Gasteiger charge is 2.52. The van der Waals surface area contributed by atoms with E-state index in [1.165, 1.54) is 16.4 Å². The summed E-state index contributed by atoms with van der Waals surface area (Å²) < 4.78 is 43.9. The summed E-state index contributed by atoms with van der Waals surface area (Å²) in [6.45, 7) is 1.42. The summed E-state index contributed by atoms with van der Waals surface area (Å²) in [4.78, 5) is 28.3. The minimum atomic E-state index is -3.33. The lowest BCUT2D eigenvalue weighted by molar-refractivity contribution is -0.0737. The fraction of sp³-hybridized carbons (Fsp3) is 0.474. The number of anilines is 1. The molecule has 2 aromatic rings. The number of benzene rings is 1. The van der Waals surface area contributed by atoms with Crippen molar-refractivity contribution < 1.29 is 23.4 Å². The van der Waals surface area contributed by atoms with Gasteiger partial charge in [-0.1, -0.05) is 0 Å². The van der Waals surface area contributed by atoms with Crippen molar-refractivity contribution in [3.8, 4) is 5.75 Å². The fourth-order valence-corrected chi connectivity index (χ4v) is 4.68. The van der Waals surface area contributed by atoms with Gasteiger partial charge in [-0.05, 0) is 31.4 Å². The Balaban J connectivity index is 1.74. The molecule has 1 aliphatic heterocycles. The molecule has 154 valence electrons. The van der Waals surface area contributed by atoms with Gasteiger partial charge in [0.2, 0.25) is 0 Å². The molecule has 2 unspecified atom stereocenters. The van der Waals surface area contributed by atoms with Crippen LogP contribution >= 0.6 is 0 Å². The van der Waals surface area contributed by atoms with Crippen molar-refractivity contribution in [3.63, 3.8) is 0 Å². The molecule has 5 rings (SSSR count). The second kappa shape index (κ2) is 5.65. The fourth-order valence-electron chi connectivity index (χ4n) is 4.68. The molecule has 0 radical (unpaired) electrons. The lowest BCUT2D eigenvalue weighted by Gasteiger charge is -2.26. The quantitative estimate of drug-likeness (QED) is 0.654. The normalized spacial score (nSPS) is 25.6. The summed E-state index contributed by atoms with van der Waals surface area (Å²) >= 11 is 0. The van der Waals surface area contributed by atoms with Gasteiger partial charge in [-0.2, -0.15) is 8.78 Å². The van der Waals surface area contributed by atoms with Gasteiger partial charge in [0.15, 0.2) is 11.6 Å². The third-order valence-corrected chi connectivity index (χ3v) is 6.16. The van der Waals surface area contributed by atoms with Crippen molar-refractivity contribution in [3.05, 3.63) is 43.9 Å². The molecule has 7 nitrogen and oxygen atoms in total. The predicted molar refractivity (Wildman–Crippen MR) is 98.2 cm³/mol. The van der Waals surface area contributed by atoms with Crippen LogP contribution in [0.2, 0.25) is 0 Å². The molecule has 0 amide bonds. The summed E-state index contributed by atoms with van der Waals surface area (Å²) in [5.41, 5.74) is -0.865. The monoisotopic (exact) mass is 409 g/mol. The predicted octanol–water partition coefficient (Wildman–Crippen LogP) is 1.55. The molecule has 0 spiro atoms. The number of rotatable bonds is 2. The van der Waals surface area contributed by atoms with Gasteiger partial charge in [0, 0.05) is 30.6 Å². The van der Waals surface area contributed by atoms with E-state index in [-0.39, 0.29) is 41.3 Å². The van der Waals surface area contributed by atoms with E-state index in [0.717, 1.165) is 0 Å². The van der Waals surface area contributed by atoms with E-state index in [0.29, 0.717) is 24.5 Å². The number of phenols is 1. The van der Waals surface area contributed by atoms with Gasteiger partial charge in [-0.25, -0.2) is 9.18 Å². The van der Waals surface area contributed by atoms with Crippen LogP contribution in [0.4, 0.5) is 18.9 Å². The zero-order valence-electron chi connectivity index (χ0n) is 15.4. The Morgan fingerprint density at radius 2 is 1.97 bits per heavy atom. The first kappa shape index (κ1) is 18.3. The molecule has 0 bridgehead atoms. The van der Waals surface area contributed by atoms with E-state index in [1.807, 2.05) is 0 Å². The summed E-state index contributed by atoms with van der Waals surface area (Å²) in [6, 6.07) is -0.153. The van der Waals surface area contributed by atoms with Crippen LogP contribution in [-0.4, -0.2) is 44.9 Å².